The Balaban J connectivity index is 2.43. The normalized spacial score (nSPS) is 22.0. The molecule has 1 fully saturated rings. The van der Waals surface area contributed by atoms with Gasteiger partial charge >= 0.3 is 6.03 Å². The first-order valence-electron chi connectivity index (χ1n) is 6.12. The molecule has 0 saturated carbocycles. The SMILES string of the molecule is CCC(N)C(=O)N1CCCC(CNC(N)=O)C1. The molecule has 0 aromatic heterocycles. The molecule has 0 aliphatic carbocycles. The molecule has 98 valence electrons. The minimum atomic E-state index is -0.515. The monoisotopic (exact) mass is 242 g/mol. The molecular formula is C11H22N4O2. The topological polar surface area (TPSA) is 101 Å². The molecule has 2 atom stereocenters. The van der Waals surface area contributed by atoms with Gasteiger partial charge in [-0.05, 0) is 25.2 Å². The van der Waals surface area contributed by atoms with Crippen LogP contribution in [0.15, 0.2) is 0 Å². The zero-order chi connectivity index (χ0) is 12.8. The number of urea groups is 1. The molecule has 1 saturated heterocycles. The Hall–Kier alpha value is -1.30. The number of piperidine rings is 1. The summed E-state index contributed by atoms with van der Waals surface area (Å²) >= 11 is 0. The van der Waals surface area contributed by atoms with E-state index in [2.05, 4.69) is 5.32 Å². The quantitative estimate of drug-likeness (QED) is 0.627. The predicted molar refractivity (Wildman–Crippen MR) is 65.2 cm³/mol. The van der Waals surface area contributed by atoms with E-state index in [-0.39, 0.29) is 11.8 Å². The van der Waals surface area contributed by atoms with Crippen molar-refractivity contribution in [2.45, 2.75) is 32.2 Å². The van der Waals surface area contributed by atoms with Crippen molar-refractivity contribution in [3.63, 3.8) is 0 Å². The van der Waals surface area contributed by atoms with Crippen LogP contribution in [0.2, 0.25) is 0 Å². The third-order valence-electron chi connectivity index (χ3n) is 3.15. The van der Waals surface area contributed by atoms with Crippen LogP contribution in [-0.2, 0) is 4.79 Å². The van der Waals surface area contributed by atoms with Gasteiger partial charge in [0.25, 0.3) is 0 Å². The Morgan fingerprint density at radius 1 is 1.53 bits per heavy atom. The molecule has 1 rings (SSSR count). The van der Waals surface area contributed by atoms with Crippen molar-refractivity contribution < 1.29 is 9.59 Å². The van der Waals surface area contributed by atoms with Gasteiger partial charge in [-0.2, -0.15) is 0 Å². The second-order valence-electron chi connectivity index (χ2n) is 4.55. The van der Waals surface area contributed by atoms with Gasteiger partial charge in [0.2, 0.25) is 5.91 Å². The Morgan fingerprint density at radius 3 is 2.82 bits per heavy atom. The molecular weight excluding hydrogens is 220 g/mol. The Bertz CT molecular complexity index is 283. The molecule has 0 radical (unpaired) electrons. The molecule has 6 heteroatoms. The molecule has 1 aliphatic rings. The first kappa shape index (κ1) is 13.8. The van der Waals surface area contributed by atoms with Crippen molar-refractivity contribution in [3.8, 4) is 0 Å². The summed E-state index contributed by atoms with van der Waals surface area (Å²) in [7, 11) is 0. The Labute approximate surface area is 102 Å². The maximum atomic E-state index is 11.9. The lowest BCUT2D eigenvalue weighted by Gasteiger charge is -2.34. The van der Waals surface area contributed by atoms with Gasteiger partial charge < -0.3 is 21.7 Å². The fourth-order valence-electron chi connectivity index (χ4n) is 2.09. The summed E-state index contributed by atoms with van der Waals surface area (Å²) in [5.74, 6) is 0.292. The first-order valence-corrected chi connectivity index (χ1v) is 6.12. The molecule has 5 N–H and O–H groups in total. The number of primary amides is 1. The lowest BCUT2D eigenvalue weighted by Crippen LogP contribution is -2.49. The third kappa shape index (κ3) is 4.22. The van der Waals surface area contributed by atoms with Crippen molar-refractivity contribution in [3.05, 3.63) is 0 Å². The fraction of sp³-hybridized carbons (Fsp3) is 0.818. The van der Waals surface area contributed by atoms with Crippen LogP contribution in [0.4, 0.5) is 4.79 Å². The number of rotatable bonds is 4. The van der Waals surface area contributed by atoms with Crippen molar-refractivity contribution in [1.82, 2.24) is 10.2 Å². The van der Waals surface area contributed by atoms with E-state index < -0.39 is 12.1 Å². The summed E-state index contributed by atoms with van der Waals surface area (Å²) in [6.07, 6.45) is 2.61. The standard InChI is InChI=1S/C11H22N4O2/c1-2-9(12)10(16)15-5-3-4-8(7-15)6-14-11(13)17/h8-9H,2-7,12H2,1H3,(H3,13,14,17). The van der Waals surface area contributed by atoms with Crippen molar-refractivity contribution in [2.75, 3.05) is 19.6 Å². The van der Waals surface area contributed by atoms with Gasteiger partial charge in [-0.15, -0.1) is 0 Å². The molecule has 3 amide bonds. The summed E-state index contributed by atoms with van der Waals surface area (Å²) in [5.41, 5.74) is 10.8. The number of nitrogens with two attached hydrogens (primary N) is 2. The van der Waals surface area contributed by atoms with E-state index in [0.29, 0.717) is 19.5 Å². The Kier molecular flexibility index (Phi) is 5.21. The van der Waals surface area contributed by atoms with E-state index in [0.717, 1.165) is 19.4 Å². The molecule has 17 heavy (non-hydrogen) atoms. The van der Waals surface area contributed by atoms with Gasteiger partial charge in [-0.25, -0.2) is 4.79 Å². The molecule has 0 bridgehead atoms. The third-order valence-corrected chi connectivity index (χ3v) is 3.15. The van der Waals surface area contributed by atoms with Gasteiger partial charge in [-0.3, -0.25) is 4.79 Å². The van der Waals surface area contributed by atoms with Gasteiger partial charge in [0.1, 0.15) is 0 Å². The molecule has 0 spiro atoms. The van der Waals surface area contributed by atoms with E-state index in [1.807, 2.05) is 6.92 Å². The highest BCUT2D eigenvalue weighted by Gasteiger charge is 2.26. The van der Waals surface area contributed by atoms with E-state index in [4.69, 9.17) is 11.5 Å². The summed E-state index contributed by atoms with van der Waals surface area (Å²) in [6.45, 7) is 3.85. The summed E-state index contributed by atoms with van der Waals surface area (Å²) in [5, 5.41) is 2.59. The fourth-order valence-corrected chi connectivity index (χ4v) is 2.09. The van der Waals surface area contributed by atoms with Crippen molar-refractivity contribution in [2.24, 2.45) is 17.4 Å². The summed E-state index contributed by atoms with van der Waals surface area (Å²) in [4.78, 5) is 24.3. The van der Waals surface area contributed by atoms with E-state index >= 15 is 0 Å². The second kappa shape index (κ2) is 6.44. The lowest BCUT2D eigenvalue weighted by atomic mass is 9.97. The van der Waals surface area contributed by atoms with Crippen LogP contribution in [0.1, 0.15) is 26.2 Å². The van der Waals surface area contributed by atoms with Crippen molar-refractivity contribution >= 4 is 11.9 Å². The maximum absolute atomic E-state index is 11.9. The van der Waals surface area contributed by atoms with E-state index in [1.165, 1.54) is 0 Å². The maximum Gasteiger partial charge on any atom is 0.312 e. The molecule has 2 unspecified atom stereocenters. The average molecular weight is 242 g/mol. The van der Waals surface area contributed by atoms with Crippen LogP contribution < -0.4 is 16.8 Å². The lowest BCUT2D eigenvalue weighted by molar-refractivity contribution is -0.134. The molecule has 0 aromatic carbocycles. The number of nitrogens with one attached hydrogen (secondary N) is 1. The number of nitrogens with zero attached hydrogens (tertiary/aromatic N) is 1. The van der Waals surface area contributed by atoms with Gasteiger partial charge in [0, 0.05) is 19.6 Å². The number of hydrogen-bond donors (Lipinski definition) is 3. The highest BCUT2D eigenvalue weighted by Crippen LogP contribution is 2.16. The summed E-state index contributed by atoms with van der Waals surface area (Å²) in [6, 6.07) is -0.920. The van der Waals surface area contributed by atoms with Crippen LogP contribution in [0.5, 0.6) is 0 Å². The predicted octanol–water partition coefficient (Wildman–Crippen LogP) is -0.369. The number of likely N-dealkylation sites (tertiary alicyclic amines) is 1. The van der Waals surface area contributed by atoms with Crippen LogP contribution in [0.3, 0.4) is 0 Å². The first-order chi connectivity index (χ1) is 8.04. The average Bonchev–Trinajstić information content (AvgIpc) is 2.34. The van der Waals surface area contributed by atoms with Crippen LogP contribution in [-0.4, -0.2) is 42.5 Å². The van der Waals surface area contributed by atoms with Gasteiger partial charge in [-0.1, -0.05) is 6.92 Å². The van der Waals surface area contributed by atoms with Crippen LogP contribution in [0, 0.1) is 5.92 Å². The second-order valence-corrected chi connectivity index (χ2v) is 4.55. The molecule has 6 nitrogen and oxygen atoms in total. The number of carbonyl (C=O) groups is 2. The highest BCUT2D eigenvalue weighted by atomic mass is 16.2. The zero-order valence-electron chi connectivity index (χ0n) is 10.3. The minimum Gasteiger partial charge on any atom is -0.352 e. The molecule has 0 aromatic rings. The smallest absolute Gasteiger partial charge is 0.312 e. The largest absolute Gasteiger partial charge is 0.352 e. The van der Waals surface area contributed by atoms with E-state index in [9.17, 15) is 9.59 Å². The van der Waals surface area contributed by atoms with Crippen LogP contribution in [0.25, 0.3) is 0 Å². The highest BCUT2D eigenvalue weighted by molar-refractivity contribution is 5.81. The van der Waals surface area contributed by atoms with Gasteiger partial charge in [0.05, 0.1) is 6.04 Å². The van der Waals surface area contributed by atoms with Crippen molar-refractivity contribution in [1.29, 1.82) is 0 Å². The minimum absolute atomic E-state index is 0.0104. The Morgan fingerprint density at radius 2 is 2.24 bits per heavy atom. The molecule has 1 aliphatic heterocycles. The number of amides is 3. The number of hydrogen-bond acceptors (Lipinski definition) is 3. The van der Waals surface area contributed by atoms with E-state index in [1.54, 1.807) is 4.90 Å². The zero-order valence-corrected chi connectivity index (χ0v) is 10.3. The molecule has 1 heterocycles. The van der Waals surface area contributed by atoms with Crippen LogP contribution >= 0.6 is 0 Å². The van der Waals surface area contributed by atoms with Gasteiger partial charge in [0.15, 0.2) is 0 Å². The number of carbonyl (C=O) groups excluding carboxylic acids is 2. The summed E-state index contributed by atoms with van der Waals surface area (Å²) < 4.78 is 0.